The van der Waals surface area contributed by atoms with Crippen LogP contribution in [0.3, 0.4) is 0 Å². The van der Waals surface area contributed by atoms with Crippen molar-refractivity contribution in [3.63, 3.8) is 0 Å². The molecule has 1 heterocycles. The minimum atomic E-state index is 1.02. The zero-order valence-electron chi connectivity index (χ0n) is 8.32. The Kier molecular flexibility index (Phi) is 1.18. The van der Waals surface area contributed by atoms with E-state index in [2.05, 4.69) is 16.8 Å². The van der Waals surface area contributed by atoms with Gasteiger partial charge in [0.2, 0.25) is 0 Å². The van der Waals surface area contributed by atoms with Crippen LogP contribution in [-0.2, 0) is 0 Å². The molecule has 0 N–H and O–H groups in total. The molecule has 0 aromatic carbocycles. The Morgan fingerprint density at radius 3 is 2.15 bits per heavy atom. The molecule has 4 unspecified atom stereocenters. The van der Waals surface area contributed by atoms with Gasteiger partial charge in [0.1, 0.15) is 0 Å². The molecule has 4 aliphatic carbocycles. The third-order valence-electron chi connectivity index (χ3n) is 5.01. The fraction of sp³-hybridized carbons (Fsp3) is 1.00. The zero-order valence-corrected chi connectivity index (χ0v) is 8.32. The van der Waals surface area contributed by atoms with Crippen molar-refractivity contribution in [2.45, 2.75) is 12.5 Å². The third kappa shape index (κ3) is 0.816. The zero-order chi connectivity index (χ0) is 8.58. The highest BCUT2D eigenvalue weighted by molar-refractivity contribution is 5.29. The van der Waals surface area contributed by atoms with Gasteiger partial charge in [0, 0.05) is 32.2 Å². The van der Waals surface area contributed by atoms with E-state index < -0.39 is 0 Å². The van der Waals surface area contributed by atoms with Crippen LogP contribution in [-0.4, -0.2) is 49.1 Å². The molecule has 0 radical (unpaired) electrons. The molecule has 2 heteroatoms. The van der Waals surface area contributed by atoms with Crippen molar-refractivity contribution in [2.75, 3.05) is 33.2 Å². The summed E-state index contributed by atoms with van der Waals surface area (Å²) >= 11 is 0. The van der Waals surface area contributed by atoms with Gasteiger partial charge < -0.3 is 4.90 Å². The largest absolute Gasteiger partial charge is 0.304 e. The van der Waals surface area contributed by atoms with E-state index in [9.17, 15) is 0 Å². The highest BCUT2D eigenvalue weighted by Gasteiger charge is 2.80. The fourth-order valence-corrected chi connectivity index (χ4v) is 4.05. The minimum Gasteiger partial charge on any atom is -0.304 e. The summed E-state index contributed by atoms with van der Waals surface area (Å²) in [7, 11) is 2.25. The first-order valence-electron chi connectivity index (χ1n) is 5.79. The molecule has 0 aromatic rings. The molecule has 4 saturated carbocycles. The van der Waals surface area contributed by atoms with Crippen LogP contribution in [0, 0.1) is 23.7 Å². The van der Waals surface area contributed by atoms with E-state index in [4.69, 9.17) is 0 Å². The first-order chi connectivity index (χ1) is 6.36. The normalized spacial score (nSPS) is 59.3. The van der Waals surface area contributed by atoms with Gasteiger partial charge in [-0.15, -0.1) is 0 Å². The smallest absolute Gasteiger partial charge is 0.0133 e. The molecule has 0 amide bonds. The molecular weight excluding hydrogens is 160 g/mol. The second-order valence-electron chi connectivity index (χ2n) is 5.54. The molecular formula is C11H18N2. The summed E-state index contributed by atoms with van der Waals surface area (Å²) in [6.07, 6.45) is 1.56. The summed E-state index contributed by atoms with van der Waals surface area (Å²) in [4.78, 5) is 5.24. The Morgan fingerprint density at radius 1 is 0.923 bits per heavy atom. The van der Waals surface area contributed by atoms with Crippen molar-refractivity contribution in [1.82, 2.24) is 9.80 Å². The number of hydrogen-bond acceptors (Lipinski definition) is 2. The lowest BCUT2D eigenvalue weighted by Gasteiger charge is -2.36. The highest BCUT2D eigenvalue weighted by Crippen LogP contribution is 2.82. The second kappa shape index (κ2) is 2.12. The maximum Gasteiger partial charge on any atom is 0.0133 e. The van der Waals surface area contributed by atoms with Gasteiger partial charge in [0.15, 0.2) is 0 Å². The van der Waals surface area contributed by atoms with Gasteiger partial charge in [-0.2, -0.15) is 0 Å². The number of fused-ring (bicyclic) bond motifs is 1. The summed E-state index contributed by atoms with van der Waals surface area (Å²) in [5, 5.41) is 0. The van der Waals surface area contributed by atoms with E-state index in [0.717, 1.165) is 6.04 Å². The maximum atomic E-state index is 2.78. The van der Waals surface area contributed by atoms with Crippen LogP contribution in [0.2, 0.25) is 0 Å². The average Bonchev–Trinajstić information content (AvgIpc) is 2.95. The SMILES string of the molecule is CN1CCN(C2CC3C4C2[C@@H]34)CC1. The van der Waals surface area contributed by atoms with Crippen LogP contribution in [0.4, 0.5) is 0 Å². The van der Waals surface area contributed by atoms with Crippen LogP contribution in [0.5, 0.6) is 0 Å². The number of hydrogen-bond donors (Lipinski definition) is 0. The summed E-state index contributed by atoms with van der Waals surface area (Å²) in [5.41, 5.74) is 0. The van der Waals surface area contributed by atoms with E-state index in [1.54, 1.807) is 6.42 Å². The van der Waals surface area contributed by atoms with Gasteiger partial charge in [0.25, 0.3) is 0 Å². The van der Waals surface area contributed by atoms with Gasteiger partial charge in [-0.1, -0.05) is 0 Å². The van der Waals surface area contributed by atoms with Gasteiger partial charge in [0.05, 0.1) is 0 Å². The molecule has 2 bridgehead atoms. The Morgan fingerprint density at radius 2 is 1.62 bits per heavy atom. The van der Waals surface area contributed by atoms with Gasteiger partial charge in [-0.3, -0.25) is 4.90 Å². The Hall–Kier alpha value is -0.0800. The first kappa shape index (κ1) is 7.24. The Labute approximate surface area is 79.9 Å². The van der Waals surface area contributed by atoms with Crippen LogP contribution >= 0.6 is 0 Å². The Bertz CT molecular complexity index is 228. The number of likely N-dealkylation sites (N-methyl/N-ethyl adjacent to an activating group) is 1. The molecule has 13 heavy (non-hydrogen) atoms. The lowest BCUT2D eigenvalue weighted by Crippen LogP contribution is -2.48. The van der Waals surface area contributed by atoms with E-state index in [1.165, 1.54) is 49.9 Å². The molecule has 5 atom stereocenters. The van der Waals surface area contributed by atoms with Crippen molar-refractivity contribution >= 4 is 0 Å². The van der Waals surface area contributed by atoms with Crippen LogP contribution in [0.15, 0.2) is 0 Å². The summed E-state index contributed by atoms with van der Waals surface area (Å²) in [6, 6.07) is 1.02. The first-order valence-corrected chi connectivity index (χ1v) is 5.79. The molecule has 5 rings (SSSR count). The number of rotatable bonds is 1. The van der Waals surface area contributed by atoms with Crippen molar-refractivity contribution in [1.29, 1.82) is 0 Å². The standard InChI is InChI=1S/C11H18N2/c1-12-2-4-13(5-3-12)8-6-7-9-10(7)11(8)9/h7-11H,2-6H2,1H3/t7?,8?,9-,10?,11?/m0/s1. The quantitative estimate of drug-likeness (QED) is 0.577. The van der Waals surface area contributed by atoms with Crippen molar-refractivity contribution in [2.24, 2.45) is 23.7 Å². The third-order valence-corrected chi connectivity index (χ3v) is 5.01. The van der Waals surface area contributed by atoms with Crippen LogP contribution < -0.4 is 0 Å². The number of nitrogens with zero attached hydrogens (tertiary/aromatic N) is 2. The maximum absolute atomic E-state index is 2.78. The summed E-state index contributed by atoms with van der Waals surface area (Å²) in [5.74, 6) is 4.83. The topological polar surface area (TPSA) is 6.48 Å². The van der Waals surface area contributed by atoms with Gasteiger partial charge >= 0.3 is 0 Å². The lowest BCUT2D eigenvalue weighted by molar-refractivity contribution is 0.108. The summed E-state index contributed by atoms with van der Waals surface area (Å²) in [6.45, 7) is 5.26. The summed E-state index contributed by atoms with van der Waals surface area (Å²) < 4.78 is 0. The molecule has 2 nitrogen and oxygen atoms in total. The van der Waals surface area contributed by atoms with Crippen molar-refractivity contribution < 1.29 is 0 Å². The van der Waals surface area contributed by atoms with E-state index in [-0.39, 0.29) is 0 Å². The van der Waals surface area contributed by atoms with Crippen molar-refractivity contribution in [3.05, 3.63) is 0 Å². The lowest BCUT2D eigenvalue weighted by atomic mass is 10.1. The van der Waals surface area contributed by atoms with Crippen molar-refractivity contribution in [3.8, 4) is 0 Å². The van der Waals surface area contributed by atoms with Gasteiger partial charge in [-0.05, 0) is 37.1 Å². The fourth-order valence-electron chi connectivity index (χ4n) is 4.05. The van der Waals surface area contributed by atoms with E-state index >= 15 is 0 Å². The Balaban J connectivity index is 1.45. The molecule has 1 saturated heterocycles. The predicted octanol–water partition coefficient (Wildman–Crippen LogP) is 0.498. The minimum absolute atomic E-state index is 1.02. The predicted molar refractivity (Wildman–Crippen MR) is 51.4 cm³/mol. The monoisotopic (exact) mass is 178 g/mol. The van der Waals surface area contributed by atoms with Crippen LogP contribution in [0.1, 0.15) is 6.42 Å². The molecule has 5 aliphatic rings. The average molecular weight is 178 g/mol. The number of piperazine rings is 1. The molecule has 0 spiro atoms. The molecule has 72 valence electrons. The molecule has 0 aromatic heterocycles. The van der Waals surface area contributed by atoms with E-state index in [0.29, 0.717) is 0 Å². The molecule has 1 aliphatic heterocycles. The van der Waals surface area contributed by atoms with Gasteiger partial charge in [-0.25, -0.2) is 0 Å². The molecule has 5 fully saturated rings. The van der Waals surface area contributed by atoms with Crippen LogP contribution in [0.25, 0.3) is 0 Å². The highest BCUT2D eigenvalue weighted by atomic mass is 15.3. The van der Waals surface area contributed by atoms with E-state index in [1.807, 2.05) is 0 Å². The second-order valence-corrected chi connectivity index (χ2v) is 5.54.